The van der Waals surface area contributed by atoms with Crippen LogP contribution in [0.5, 0.6) is 0 Å². The van der Waals surface area contributed by atoms with Gasteiger partial charge in [0.1, 0.15) is 22.4 Å². The maximum atomic E-state index is 5.25. The maximum Gasteiger partial charge on any atom is 0.169 e. The summed E-state index contributed by atoms with van der Waals surface area (Å²) in [6, 6.07) is 30.4. The van der Waals surface area contributed by atoms with Crippen molar-refractivity contribution in [1.82, 2.24) is 34.1 Å². The summed E-state index contributed by atoms with van der Waals surface area (Å²) < 4.78 is 4.22. The Balaban J connectivity index is 1.55. The van der Waals surface area contributed by atoms with Gasteiger partial charge in [-0.1, -0.05) is 36.4 Å². The van der Waals surface area contributed by atoms with Crippen molar-refractivity contribution in [3.05, 3.63) is 103 Å². The molecule has 0 saturated carbocycles. The van der Waals surface area contributed by atoms with Gasteiger partial charge in [-0.2, -0.15) is 0 Å². The second-order valence-electron chi connectivity index (χ2n) is 8.67. The van der Waals surface area contributed by atoms with Gasteiger partial charge in [0.25, 0.3) is 0 Å². The minimum Gasteiger partial charge on any atom is -0.292 e. The van der Waals surface area contributed by atoms with Crippen LogP contribution in [0.2, 0.25) is 0 Å². The Hall–Kier alpha value is -5.17. The topological polar surface area (TPSA) is 74.3 Å². The van der Waals surface area contributed by atoms with Crippen LogP contribution in [0.25, 0.3) is 66.8 Å². The van der Waals surface area contributed by atoms with E-state index in [0.29, 0.717) is 5.65 Å². The van der Waals surface area contributed by atoms with Crippen molar-refractivity contribution < 1.29 is 0 Å². The zero-order valence-electron chi connectivity index (χ0n) is 18.9. The van der Waals surface area contributed by atoms with E-state index in [1.165, 1.54) is 0 Å². The molecule has 0 amide bonds. The lowest BCUT2D eigenvalue weighted by molar-refractivity contribution is 1.06. The fourth-order valence-electron chi connectivity index (χ4n) is 5.07. The summed E-state index contributed by atoms with van der Waals surface area (Å²) in [6.45, 7) is 0. The molecule has 0 fully saturated rings. The van der Waals surface area contributed by atoms with Crippen molar-refractivity contribution in [2.75, 3.05) is 0 Å². The monoisotopic (exact) mass is 463 g/mol. The number of para-hydroxylation sites is 2. The fraction of sp³-hybridized carbons (Fsp3) is 0. The fourth-order valence-corrected chi connectivity index (χ4v) is 5.07. The van der Waals surface area contributed by atoms with Gasteiger partial charge in [-0.25, -0.2) is 15.0 Å². The molecule has 8 aromatic rings. The van der Waals surface area contributed by atoms with E-state index in [9.17, 15) is 0 Å². The summed E-state index contributed by atoms with van der Waals surface area (Å²) in [6.07, 6.45) is 3.57. The van der Waals surface area contributed by atoms with Gasteiger partial charge in [-0.05, 0) is 54.6 Å². The average molecular weight is 464 g/mol. The van der Waals surface area contributed by atoms with Crippen LogP contribution in [-0.2, 0) is 0 Å². The minimum absolute atomic E-state index is 0.715. The van der Waals surface area contributed by atoms with Gasteiger partial charge in [-0.3, -0.25) is 19.1 Å². The Labute approximate surface area is 204 Å². The zero-order chi connectivity index (χ0) is 23.6. The van der Waals surface area contributed by atoms with Crippen LogP contribution < -0.4 is 0 Å². The van der Waals surface area contributed by atoms with Crippen LogP contribution in [-0.4, -0.2) is 34.1 Å². The highest BCUT2D eigenvalue weighted by atomic mass is 15.2. The number of hydrogen-bond acceptors (Lipinski definition) is 5. The van der Waals surface area contributed by atoms with Gasteiger partial charge in [0.2, 0.25) is 0 Å². The van der Waals surface area contributed by atoms with Gasteiger partial charge < -0.3 is 0 Å². The molecule has 7 heteroatoms. The average Bonchev–Trinajstić information content (AvgIpc) is 3.44. The Kier molecular flexibility index (Phi) is 3.81. The summed E-state index contributed by atoms with van der Waals surface area (Å²) in [5, 5.41) is 1.05. The van der Waals surface area contributed by atoms with E-state index in [4.69, 9.17) is 19.9 Å². The summed E-state index contributed by atoms with van der Waals surface area (Å²) in [7, 11) is 0. The third kappa shape index (κ3) is 2.59. The molecule has 168 valence electrons. The quantitative estimate of drug-likeness (QED) is 0.314. The number of rotatable bonds is 2. The van der Waals surface area contributed by atoms with Crippen LogP contribution >= 0.6 is 0 Å². The van der Waals surface area contributed by atoms with Crippen molar-refractivity contribution in [3.63, 3.8) is 0 Å². The molecule has 0 aliphatic heterocycles. The van der Waals surface area contributed by atoms with Crippen molar-refractivity contribution in [3.8, 4) is 11.5 Å². The van der Waals surface area contributed by atoms with Crippen LogP contribution in [0, 0.1) is 0 Å². The van der Waals surface area contributed by atoms with Crippen molar-refractivity contribution in [1.29, 1.82) is 0 Å². The number of nitrogens with zero attached hydrogens (tertiary/aromatic N) is 7. The Morgan fingerprint density at radius 3 is 2.19 bits per heavy atom. The molecule has 0 aliphatic carbocycles. The van der Waals surface area contributed by atoms with Crippen molar-refractivity contribution in [2.24, 2.45) is 0 Å². The SMILES string of the molecule is c1ccc(-n2c3ccccc3c3nc4c5ncccc5n(-c5ccc6ncccc6n5)c4nc32)cc1. The summed E-state index contributed by atoms with van der Waals surface area (Å²) in [5.74, 6) is 0.750. The maximum absolute atomic E-state index is 5.25. The second-order valence-corrected chi connectivity index (χ2v) is 8.67. The Morgan fingerprint density at radius 1 is 0.472 bits per heavy atom. The highest BCUT2D eigenvalue weighted by Gasteiger charge is 2.21. The molecule has 6 aromatic heterocycles. The lowest BCUT2D eigenvalue weighted by Crippen LogP contribution is -2.01. The highest BCUT2D eigenvalue weighted by Crippen LogP contribution is 2.34. The van der Waals surface area contributed by atoms with Gasteiger partial charge >= 0.3 is 0 Å². The lowest BCUT2D eigenvalue weighted by Gasteiger charge is -2.08. The molecule has 0 saturated heterocycles. The molecule has 0 atom stereocenters. The third-order valence-corrected chi connectivity index (χ3v) is 6.62. The third-order valence-electron chi connectivity index (χ3n) is 6.62. The lowest BCUT2D eigenvalue weighted by atomic mass is 10.2. The predicted octanol–water partition coefficient (Wildman–Crippen LogP) is 6.01. The van der Waals surface area contributed by atoms with Crippen molar-refractivity contribution >= 4 is 55.3 Å². The number of benzene rings is 2. The van der Waals surface area contributed by atoms with Gasteiger partial charge in [0.05, 0.1) is 22.1 Å². The number of hydrogen-bond donors (Lipinski definition) is 0. The Morgan fingerprint density at radius 2 is 1.25 bits per heavy atom. The largest absolute Gasteiger partial charge is 0.292 e. The molecule has 36 heavy (non-hydrogen) atoms. The zero-order valence-corrected chi connectivity index (χ0v) is 18.9. The first kappa shape index (κ1) is 19.2. The molecule has 7 nitrogen and oxygen atoms in total. The van der Waals surface area contributed by atoms with E-state index in [1.54, 1.807) is 12.4 Å². The molecular weight excluding hydrogens is 446 g/mol. The van der Waals surface area contributed by atoms with Crippen LogP contribution in [0.1, 0.15) is 0 Å². The number of aromatic nitrogens is 7. The van der Waals surface area contributed by atoms with Crippen molar-refractivity contribution in [2.45, 2.75) is 0 Å². The number of fused-ring (bicyclic) bond motifs is 7. The minimum atomic E-state index is 0.715. The van der Waals surface area contributed by atoms with E-state index < -0.39 is 0 Å². The van der Waals surface area contributed by atoms with E-state index in [1.807, 2.05) is 71.3 Å². The standard InChI is InChI=1S/C29H17N7/c1-2-8-18(9-3-1)35-22-12-5-4-10-19(22)25-28(35)34-29-27(33-25)26-23(13-7-17-31-26)36(29)24-15-14-20-21(32-24)11-6-16-30-20/h1-17H. The molecule has 0 bridgehead atoms. The Bertz CT molecular complexity index is 2110. The van der Waals surface area contributed by atoms with Gasteiger partial charge in [-0.15, -0.1) is 0 Å². The first-order valence-electron chi connectivity index (χ1n) is 11.7. The summed E-state index contributed by atoms with van der Waals surface area (Å²) >= 11 is 0. The second kappa shape index (κ2) is 7.16. The first-order valence-corrected chi connectivity index (χ1v) is 11.7. The predicted molar refractivity (Wildman–Crippen MR) is 142 cm³/mol. The van der Waals surface area contributed by atoms with Gasteiger partial charge in [0, 0.05) is 23.5 Å². The van der Waals surface area contributed by atoms with Crippen LogP contribution in [0.15, 0.2) is 103 Å². The van der Waals surface area contributed by atoms with E-state index in [-0.39, 0.29) is 0 Å². The molecule has 6 heterocycles. The smallest absolute Gasteiger partial charge is 0.169 e. The molecule has 0 spiro atoms. The number of pyridine rings is 3. The molecule has 0 N–H and O–H groups in total. The van der Waals surface area contributed by atoms with Gasteiger partial charge in [0.15, 0.2) is 11.3 Å². The van der Waals surface area contributed by atoms with E-state index >= 15 is 0 Å². The molecular formula is C29H17N7. The molecule has 2 aromatic carbocycles. The normalized spacial score (nSPS) is 11.9. The highest BCUT2D eigenvalue weighted by molar-refractivity contribution is 6.11. The first-order chi connectivity index (χ1) is 17.9. The van der Waals surface area contributed by atoms with Crippen LogP contribution in [0.4, 0.5) is 0 Å². The molecule has 8 rings (SSSR count). The molecule has 0 aliphatic rings. The van der Waals surface area contributed by atoms with E-state index in [0.717, 1.165) is 61.2 Å². The molecule has 0 unspecified atom stereocenters. The van der Waals surface area contributed by atoms with E-state index in [2.05, 4.69) is 33.8 Å². The summed E-state index contributed by atoms with van der Waals surface area (Å²) in [4.78, 5) is 24.5. The molecule has 0 radical (unpaired) electrons. The summed E-state index contributed by atoms with van der Waals surface area (Å²) in [5.41, 5.74) is 8.58. The van der Waals surface area contributed by atoms with Crippen LogP contribution in [0.3, 0.4) is 0 Å².